The largest absolute Gasteiger partial charge is 0.349 e. The maximum Gasteiger partial charge on any atom is 0.243 e. The maximum absolute atomic E-state index is 12.4. The molecule has 114 valence electrons. The normalized spacial score (nSPS) is 17.7. The molecule has 1 fully saturated rings. The second-order valence-corrected chi connectivity index (χ2v) is 6.23. The fourth-order valence-corrected chi connectivity index (χ4v) is 3.28. The summed E-state index contributed by atoms with van der Waals surface area (Å²) in [6.07, 6.45) is 2.72. The van der Waals surface area contributed by atoms with Crippen LogP contribution in [0.25, 0.3) is 0 Å². The third kappa shape index (κ3) is 3.33. The van der Waals surface area contributed by atoms with E-state index in [1.165, 1.54) is 0 Å². The second-order valence-electron chi connectivity index (χ2n) is 5.19. The zero-order valence-corrected chi connectivity index (χ0v) is 12.9. The van der Waals surface area contributed by atoms with Crippen LogP contribution in [0.3, 0.4) is 0 Å². The molecule has 2 aromatic heterocycles. The summed E-state index contributed by atoms with van der Waals surface area (Å²) in [5.41, 5.74) is 0.810. The van der Waals surface area contributed by atoms with E-state index in [2.05, 4.69) is 10.3 Å². The Labute approximate surface area is 133 Å². The standard InChI is InChI=1S/C16H17N3O2S/c20-15-7-6-14(19(15)11-13-5-3-9-22-13)16(21)18-10-12-4-1-2-8-17-12/h1-5,8-9,14H,6-7,10-11H2,(H,18,21). The highest BCUT2D eigenvalue weighted by Gasteiger charge is 2.35. The second kappa shape index (κ2) is 6.70. The van der Waals surface area contributed by atoms with E-state index >= 15 is 0 Å². The van der Waals surface area contributed by atoms with Gasteiger partial charge >= 0.3 is 0 Å². The van der Waals surface area contributed by atoms with E-state index in [9.17, 15) is 9.59 Å². The van der Waals surface area contributed by atoms with Gasteiger partial charge in [-0.25, -0.2) is 0 Å². The van der Waals surface area contributed by atoms with Gasteiger partial charge in [-0.15, -0.1) is 11.3 Å². The summed E-state index contributed by atoms with van der Waals surface area (Å²) >= 11 is 1.60. The summed E-state index contributed by atoms with van der Waals surface area (Å²) in [4.78, 5) is 31.4. The van der Waals surface area contributed by atoms with Crippen molar-refractivity contribution in [2.24, 2.45) is 0 Å². The van der Waals surface area contributed by atoms with Gasteiger partial charge in [0.25, 0.3) is 0 Å². The number of hydrogen-bond donors (Lipinski definition) is 1. The predicted molar refractivity (Wildman–Crippen MR) is 84.0 cm³/mol. The molecule has 1 aliphatic rings. The number of amides is 2. The van der Waals surface area contributed by atoms with Crippen LogP contribution in [0.15, 0.2) is 41.9 Å². The van der Waals surface area contributed by atoms with E-state index < -0.39 is 0 Å². The van der Waals surface area contributed by atoms with Crippen molar-refractivity contribution < 1.29 is 9.59 Å². The zero-order chi connectivity index (χ0) is 15.4. The number of likely N-dealkylation sites (tertiary alicyclic amines) is 1. The Balaban J connectivity index is 1.61. The van der Waals surface area contributed by atoms with E-state index in [0.717, 1.165) is 10.6 Å². The molecule has 2 aromatic rings. The quantitative estimate of drug-likeness (QED) is 0.917. The Morgan fingerprint density at radius 1 is 1.36 bits per heavy atom. The van der Waals surface area contributed by atoms with E-state index in [0.29, 0.717) is 25.9 Å². The topological polar surface area (TPSA) is 62.3 Å². The molecule has 1 atom stereocenters. The highest BCUT2D eigenvalue weighted by atomic mass is 32.1. The maximum atomic E-state index is 12.4. The highest BCUT2D eigenvalue weighted by Crippen LogP contribution is 2.23. The van der Waals surface area contributed by atoms with Crippen molar-refractivity contribution in [1.82, 2.24) is 15.2 Å². The molecule has 0 aliphatic carbocycles. The van der Waals surface area contributed by atoms with Crippen molar-refractivity contribution in [3.63, 3.8) is 0 Å². The predicted octanol–water partition coefficient (Wildman–Crippen LogP) is 1.95. The van der Waals surface area contributed by atoms with Crippen LogP contribution in [-0.2, 0) is 22.7 Å². The Morgan fingerprint density at radius 2 is 2.27 bits per heavy atom. The molecule has 1 saturated heterocycles. The molecule has 1 N–H and O–H groups in total. The van der Waals surface area contributed by atoms with E-state index in [1.807, 2.05) is 35.7 Å². The number of pyridine rings is 1. The van der Waals surface area contributed by atoms with Crippen molar-refractivity contribution in [1.29, 1.82) is 0 Å². The van der Waals surface area contributed by atoms with Crippen LogP contribution in [-0.4, -0.2) is 27.7 Å². The first kappa shape index (κ1) is 14.7. The number of carbonyl (C=O) groups is 2. The smallest absolute Gasteiger partial charge is 0.243 e. The Kier molecular flexibility index (Phi) is 4.48. The molecule has 0 radical (unpaired) electrons. The van der Waals surface area contributed by atoms with Gasteiger partial charge in [-0.3, -0.25) is 14.6 Å². The molecule has 0 saturated carbocycles. The van der Waals surface area contributed by atoms with Crippen molar-refractivity contribution in [2.45, 2.75) is 32.0 Å². The van der Waals surface area contributed by atoms with Crippen LogP contribution in [0.2, 0.25) is 0 Å². The van der Waals surface area contributed by atoms with Gasteiger partial charge in [0, 0.05) is 17.5 Å². The van der Waals surface area contributed by atoms with Gasteiger partial charge in [-0.1, -0.05) is 12.1 Å². The monoisotopic (exact) mass is 315 g/mol. The Bertz CT molecular complexity index is 643. The minimum absolute atomic E-state index is 0.0476. The first-order valence-electron chi connectivity index (χ1n) is 7.23. The van der Waals surface area contributed by atoms with Gasteiger partial charge in [0.1, 0.15) is 6.04 Å². The van der Waals surface area contributed by atoms with Crippen LogP contribution in [0.1, 0.15) is 23.4 Å². The van der Waals surface area contributed by atoms with E-state index in [-0.39, 0.29) is 17.9 Å². The lowest BCUT2D eigenvalue weighted by atomic mass is 10.2. The summed E-state index contributed by atoms with van der Waals surface area (Å²) < 4.78 is 0. The van der Waals surface area contributed by atoms with Gasteiger partial charge in [0.05, 0.1) is 18.8 Å². The summed E-state index contributed by atoms with van der Waals surface area (Å²) in [5.74, 6) is -0.0561. The van der Waals surface area contributed by atoms with Crippen molar-refractivity contribution in [3.8, 4) is 0 Å². The third-order valence-corrected chi connectivity index (χ3v) is 4.57. The zero-order valence-electron chi connectivity index (χ0n) is 12.1. The number of nitrogens with zero attached hydrogens (tertiary/aromatic N) is 2. The number of rotatable bonds is 5. The number of aromatic nitrogens is 1. The third-order valence-electron chi connectivity index (χ3n) is 3.71. The minimum atomic E-state index is -0.377. The number of hydrogen-bond acceptors (Lipinski definition) is 4. The van der Waals surface area contributed by atoms with Gasteiger partial charge in [0.15, 0.2) is 0 Å². The van der Waals surface area contributed by atoms with Gasteiger partial charge < -0.3 is 10.2 Å². The SMILES string of the molecule is O=C(NCc1ccccn1)C1CCC(=O)N1Cc1cccs1. The summed E-state index contributed by atoms with van der Waals surface area (Å²) in [6, 6.07) is 9.15. The molecule has 1 unspecified atom stereocenters. The van der Waals surface area contributed by atoms with Crippen LogP contribution >= 0.6 is 11.3 Å². The van der Waals surface area contributed by atoms with Gasteiger partial charge in [0.2, 0.25) is 11.8 Å². The number of nitrogens with one attached hydrogen (secondary N) is 1. The summed E-state index contributed by atoms with van der Waals surface area (Å²) in [7, 11) is 0. The van der Waals surface area contributed by atoms with Crippen LogP contribution in [0.5, 0.6) is 0 Å². The minimum Gasteiger partial charge on any atom is -0.349 e. The highest BCUT2D eigenvalue weighted by molar-refractivity contribution is 7.09. The number of thiophene rings is 1. The van der Waals surface area contributed by atoms with Crippen molar-refractivity contribution in [2.75, 3.05) is 0 Å². The Hall–Kier alpha value is -2.21. The average Bonchev–Trinajstić information content (AvgIpc) is 3.17. The van der Waals surface area contributed by atoms with Gasteiger partial charge in [-0.05, 0) is 30.0 Å². The van der Waals surface area contributed by atoms with E-state index in [4.69, 9.17) is 0 Å². The Morgan fingerprint density at radius 3 is 3.00 bits per heavy atom. The lowest BCUT2D eigenvalue weighted by Crippen LogP contribution is -2.44. The van der Waals surface area contributed by atoms with Crippen LogP contribution in [0, 0.1) is 0 Å². The van der Waals surface area contributed by atoms with Gasteiger partial charge in [-0.2, -0.15) is 0 Å². The van der Waals surface area contributed by atoms with Crippen LogP contribution in [0.4, 0.5) is 0 Å². The molecule has 0 bridgehead atoms. The molecule has 3 rings (SSSR count). The lowest BCUT2D eigenvalue weighted by Gasteiger charge is -2.23. The molecule has 6 heteroatoms. The molecule has 0 spiro atoms. The van der Waals surface area contributed by atoms with Crippen molar-refractivity contribution >= 4 is 23.2 Å². The fraction of sp³-hybridized carbons (Fsp3) is 0.312. The molecule has 22 heavy (non-hydrogen) atoms. The van der Waals surface area contributed by atoms with Crippen LogP contribution < -0.4 is 5.32 Å². The lowest BCUT2D eigenvalue weighted by molar-refractivity contribution is -0.135. The fourth-order valence-electron chi connectivity index (χ4n) is 2.57. The number of carbonyl (C=O) groups excluding carboxylic acids is 2. The van der Waals surface area contributed by atoms with Crippen molar-refractivity contribution in [3.05, 3.63) is 52.5 Å². The molecule has 2 amide bonds. The molecular weight excluding hydrogens is 298 g/mol. The summed E-state index contributed by atoms with van der Waals surface area (Å²) in [6.45, 7) is 0.898. The molecule has 0 aromatic carbocycles. The van der Waals surface area contributed by atoms with E-state index in [1.54, 1.807) is 22.4 Å². The molecule has 1 aliphatic heterocycles. The molecule has 5 nitrogen and oxygen atoms in total. The first-order valence-corrected chi connectivity index (χ1v) is 8.11. The molecule has 3 heterocycles. The first-order chi connectivity index (χ1) is 10.7. The average molecular weight is 315 g/mol. The summed E-state index contributed by atoms with van der Waals surface area (Å²) in [5, 5.41) is 4.86. The molecular formula is C16H17N3O2S.